The fraction of sp³-hybridized carbons (Fsp3) is 0.0714. The van der Waals surface area contributed by atoms with Crippen molar-refractivity contribution < 1.29 is 14.0 Å². The standard InChI is InChI=1S/C14H10FN3O2S/c1-16-13(20)11-6-21-14(18-11)12(19)10-5-7-4-8(15)2-3-9(7)17-10/h2-6,17H,1H3,(H,16,20). The topological polar surface area (TPSA) is 74.8 Å². The lowest BCUT2D eigenvalue weighted by Gasteiger charge is -1.93. The number of halogens is 1. The van der Waals surface area contributed by atoms with E-state index in [9.17, 15) is 14.0 Å². The number of H-pyrrole nitrogens is 1. The van der Waals surface area contributed by atoms with Gasteiger partial charge in [0.25, 0.3) is 5.91 Å². The SMILES string of the molecule is CNC(=O)c1csc(C(=O)c2cc3cc(F)ccc3[nH]2)n1. The molecule has 7 heteroatoms. The lowest BCUT2D eigenvalue weighted by molar-refractivity contribution is 0.0959. The Morgan fingerprint density at radius 3 is 2.90 bits per heavy atom. The molecule has 1 amide bonds. The van der Waals surface area contributed by atoms with Crippen LogP contribution in [0.1, 0.15) is 26.0 Å². The molecule has 2 heterocycles. The highest BCUT2D eigenvalue weighted by Crippen LogP contribution is 2.20. The fourth-order valence-electron chi connectivity index (χ4n) is 1.95. The van der Waals surface area contributed by atoms with Gasteiger partial charge in [0.15, 0.2) is 5.01 Å². The van der Waals surface area contributed by atoms with E-state index in [0.717, 1.165) is 11.3 Å². The van der Waals surface area contributed by atoms with E-state index in [-0.39, 0.29) is 28.2 Å². The van der Waals surface area contributed by atoms with Gasteiger partial charge in [0.05, 0.1) is 5.69 Å². The van der Waals surface area contributed by atoms with Crippen LogP contribution >= 0.6 is 11.3 Å². The molecule has 3 aromatic rings. The average molecular weight is 303 g/mol. The fourth-order valence-corrected chi connectivity index (χ4v) is 2.70. The monoisotopic (exact) mass is 303 g/mol. The summed E-state index contributed by atoms with van der Waals surface area (Å²) in [5, 5.41) is 4.79. The van der Waals surface area contributed by atoms with Crippen molar-refractivity contribution in [2.75, 3.05) is 7.05 Å². The highest BCUT2D eigenvalue weighted by molar-refractivity contribution is 7.12. The van der Waals surface area contributed by atoms with Gasteiger partial charge < -0.3 is 10.3 Å². The molecule has 2 aromatic heterocycles. The molecule has 1 aromatic carbocycles. The summed E-state index contributed by atoms with van der Waals surface area (Å²) in [7, 11) is 1.50. The Kier molecular flexibility index (Phi) is 3.26. The number of aromatic amines is 1. The van der Waals surface area contributed by atoms with Crippen LogP contribution in [0.3, 0.4) is 0 Å². The largest absolute Gasteiger partial charge is 0.354 e. The first-order chi connectivity index (χ1) is 10.1. The number of fused-ring (bicyclic) bond motifs is 1. The zero-order chi connectivity index (χ0) is 15.0. The number of ketones is 1. The van der Waals surface area contributed by atoms with Gasteiger partial charge in [-0.1, -0.05) is 0 Å². The average Bonchev–Trinajstić information content (AvgIpc) is 3.11. The van der Waals surface area contributed by atoms with Crippen LogP contribution in [0.4, 0.5) is 4.39 Å². The zero-order valence-corrected chi connectivity index (χ0v) is 11.8. The molecule has 3 rings (SSSR count). The van der Waals surface area contributed by atoms with E-state index in [2.05, 4.69) is 15.3 Å². The summed E-state index contributed by atoms with van der Waals surface area (Å²) in [6.45, 7) is 0. The molecule has 0 saturated heterocycles. The smallest absolute Gasteiger partial charge is 0.270 e. The Morgan fingerprint density at radius 2 is 2.14 bits per heavy atom. The minimum atomic E-state index is -0.364. The van der Waals surface area contributed by atoms with E-state index in [1.54, 1.807) is 12.1 Å². The number of nitrogens with zero attached hydrogens (tertiary/aromatic N) is 1. The van der Waals surface area contributed by atoms with E-state index in [0.29, 0.717) is 16.6 Å². The van der Waals surface area contributed by atoms with Gasteiger partial charge in [-0.15, -0.1) is 11.3 Å². The Balaban J connectivity index is 1.96. The zero-order valence-electron chi connectivity index (χ0n) is 10.9. The predicted molar refractivity (Wildman–Crippen MR) is 77.2 cm³/mol. The Labute approximate surface area is 122 Å². The van der Waals surface area contributed by atoms with Crippen LogP contribution in [0.5, 0.6) is 0 Å². The molecule has 21 heavy (non-hydrogen) atoms. The summed E-state index contributed by atoms with van der Waals surface area (Å²) in [4.78, 5) is 30.7. The highest BCUT2D eigenvalue weighted by atomic mass is 32.1. The van der Waals surface area contributed by atoms with Crippen molar-refractivity contribution >= 4 is 33.9 Å². The second-order valence-corrected chi connectivity index (χ2v) is 5.22. The third-order valence-corrected chi connectivity index (χ3v) is 3.83. The number of nitrogens with one attached hydrogen (secondary N) is 2. The number of hydrogen-bond donors (Lipinski definition) is 2. The molecule has 0 bridgehead atoms. The Morgan fingerprint density at radius 1 is 1.33 bits per heavy atom. The number of hydrogen-bond acceptors (Lipinski definition) is 4. The molecule has 0 saturated carbocycles. The molecule has 0 unspecified atom stereocenters. The molecule has 0 aliphatic heterocycles. The lowest BCUT2D eigenvalue weighted by atomic mass is 10.2. The van der Waals surface area contributed by atoms with Crippen molar-refractivity contribution in [1.82, 2.24) is 15.3 Å². The molecular formula is C14H10FN3O2S. The number of carbonyl (C=O) groups is 2. The van der Waals surface area contributed by atoms with Crippen molar-refractivity contribution in [3.8, 4) is 0 Å². The molecule has 5 nitrogen and oxygen atoms in total. The predicted octanol–water partition coefficient (Wildman–Crippen LogP) is 2.35. The molecule has 2 N–H and O–H groups in total. The number of carbonyl (C=O) groups excluding carboxylic acids is 2. The van der Waals surface area contributed by atoms with Gasteiger partial charge >= 0.3 is 0 Å². The van der Waals surface area contributed by atoms with Gasteiger partial charge in [-0.05, 0) is 24.3 Å². The summed E-state index contributed by atoms with van der Waals surface area (Å²) in [5.74, 6) is -1.03. The maximum absolute atomic E-state index is 13.1. The van der Waals surface area contributed by atoms with Crippen LogP contribution in [-0.2, 0) is 0 Å². The maximum Gasteiger partial charge on any atom is 0.270 e. The van der Waals surface area contributed by atoms with E-state index < -0.39 is 0 Å². The summed E-state index contributed by atoms with van der Waals surface area (Å²) >= 11 is 1.09. The number of amides is 1. The normalized spacial score (nSPS) is 10.8. The van der Waals surface area contributed by atoms with Gasteiger partial charge in [0.2, 0.25) is 5.78 Å². The van der Waals surface area contributed by atoms with Gasteiger partial charge in [-0.2, -0.15) is 0 Å². The molecule has 0 atom stereocenters. The number of rotatable bonds is 3. The van der Waals surface area contributed by atoms with Crippen molar-refractivity contribution in [2.24, 2.45) is 0 Å². The molecule has 106 valence electrons. The third-order valence-electron chi connectivity index (χ3n) is 2.99. The van der Waals surface area contributed by atoms with Crippen LogP contribution in [0, 0.1) is 5.82 Å². The van der Waals surface area contributed by atoms with Gasteiger partial charge in [-0.3, -0.25) is 9.59 Å². The van der Waals surface area contributed by atoms with Crippen LogP contribution in [-0.4, -0.2) is 28.7 Å². The van der Waals surface area contributed by atoms with Gasteiger partial charge in [-0.25, -0.2) is 9.37 Å². The number of benzene rings is 1. The van der Waals surface area contributed by atoms with E-state index >= 15 is 0 Å². The van der Waals surface area contributed by atoms with Crippen LogP contribution in [0.25, 0.3) is 10.9 Å². The molecule has 0 radical (unpaired) electrons. The van der Waals surface area contributed by atoms with Crippen molar-refractivity contribution in [3.63, 3.8) is 0 Å². The first-order valence-electron chi connectivity index (χ1n) is 6.09. The number of thiazole rings is 1. The van der Waals surface area contributed by atoms with E-state index in [4.69, 9.17) is 0 Å². The summed E-state index contributed by atoms with van der Waals surface area (Å²) in [5.41, 5.74) is 1.18. The molecule has 0 spiro atoms. The van der Waals surface area contributed by atoms with Crippen molar-refractivity contribution in [2.45, 2.75) is 0 Å². The summed E-state index contributed by atoms with van der Waals surface area (Å²) < 4.78 is 13.1. The Bertz CT molecular complexity index is 853. The van der Waals surface area contributed by atoms with E-state index in [1.165, 1.54) is 24.6 Å². The first-order valence-corrected chi connectivity index (χ1v) is 6.97. The third kappa shape index (κ3) is 2.43. The maximum atomic E-state index is 13.1. The van der Waals surface area contributed by atoms with Crippen LogP contribution in [0.2, 0.25) is 0 Å². The first kappa shape index (κ1) is 13.4. The minimum Gasteiger partial charge on any atom is -0.354 e. The van der Waals surface area contributed by atoms with Crippen molar-refractivity contribution in [1.29, 1.82) is 0 Å². The Hall–Kier alpha value is -2.54. The summed E-state index contributed by atoms with van der Waals surface area (Å²) in [6.07, 6.45) is 0. The minimum absolute atomic E-state index is 0.202. The molecule has 0 aliphatic rings. The number of aromatic nitrogens is 2. The molecular weight excluding hydrogens is 293 g/mol. The van der Waals surface area contributed by atoms with E-state index in [1.807, 2.05) is 0 Å². The molecule has 0 fully saturated rings. The quantitative estimate of drug-likeness (QED) is 0.729. The summed E-state index contributed by atoms with van der Waals surface area (Å²) in [6, 6.07) is 5.81. The van der Waals surface area contributed by atoms with Gasteiger partial charge in [0, 0.05) is 23.3 Å². The molecule has 0 aliphatic carbocycles. The lowest BCUT2D eigenvalue weighted by Crippen LogP contribution is -2.18. The van der Waals surface area contributed by atoms with Crippen molar-refractivity contribution in [3.05, 3.63) is 51.9 Å². The van der Waals surface area contributed by atoms with Gasteiger partial charge in [0.1, 0.15) is 11.5 Å². The highest BCUT2D eigenvalue weighted by Gasteiger charge is 2.18. The second kappa shape index (κ2) is 5.10. The van der Waals surface area contributed by atoms with Crippen LogP contribution in [0.15, 0.2) is 29.6 Å². The van der Waals surface area contributed by atoms with Crippen LogP contribution < -0.4 is 5.32 Å². The second-order valence-electron chi connectivity index (χ2n) is 4.36.